The molecule has 120 valence electrons. The first kappa shape index (κ1) is 16.1. The van der Waals surface area contributed by atoms with Crippen LogP contribution in [0.25, 0.3) is 0 Å². The van der Waals surface area contributed by atoms with Gasteiger partial charge in [0.1, 0.15) is 0 Å². The molecule has 3 aromatic rings. The topological polar surface area (TPSA) is 61.7 Å². The van der Waals surface area contributed by atoms with E-state index in [1.54, 1.807) is 54.7 Å². The molecule has 0 aliphatic carbocycles. The lowest BCUT2D eigenvalue weighted by molar-refractivity contribution is -0.136. The first-order chi connectivity index (χ1) is 11.7. The molecule has 2 aromatic carbocycles. The van der Waals surface area contributed by atoms with Gasteiger partial charge in [-0.25, -0.2) is 5.43 Å². The number of hydrogen-bond donors (Lipinski definition) is 2. The SMILES string of the molecule is O=C(N/N=C\c1cccs1)C(O)(c1ccccc1)c1ccccc1. The van der Waals surface area contributed by atoms with Crippen LogP contribution >= 0.6 is 11.3 Å². The molecule has 0 unspecified atom stereocenters. The van der Waals surface area contributed by atoms with Crippen molar-refractivity contribution in [3.8, 4) is 0 Å². The van der Waals surface area contributed by atoms with E-state index in [1.807, 2.05) is 29.6 Å². The summed E-state index contributed by atoms with van der Waals surface area (Å²) in [6, 6.07) is 21.5. The first-order valence-electron chi connectivity index (χ1n) is 7.41. The molecule has 0 saturated heterocycles. The average molecular weight is 336 g/mol. The molecule has 2 N–H and O–H groups in total. The van der Waals surface area contributed by atoms with Gasteiger partial charge in [0.25, 0.3) is 5.91 Å². The average Bonchev–Trinajstić information content (AvgIpc) is 3.16. The highest BCUT2D eigenvalue weighted by Crippen LogP contribution is 2.29. The fraction of sp³-hybridized carbons (Fsp3) is 0.0526. The molecule has 1 aromatic heterocycles. The van der Waals surface area contributed by atoms with E-state index in [9.17, 15) is 9.90 Å². The second-order valence-corrected chi connectivity index (χ2v) is 6.14. The van der Waals surface area contributed by atoms with Crippen molar-refractivity contribution in [2.24, 2.45) is 5.10 Å². The summed E-state index contributed by atoms with van der Waals surface area (Å²) < 4.78 is 0. The molecule has 3 rings (SSSR count). The third-order valence-corrected chi connectivity index (χ3v) is 4.42. The monoisotopic (exact) mass is 336 g/mol. The number of amides is 1. The van der Waals surface area contributed by atoms with Crippen molar-refractivity contribution < 1.29 is 9.90 Å². The fourth-order valence-electron chi connectivity index (χ4n) is 2.39. The number of carbonyl (C=O) groups excluding carboxylic acids is 1. The molecule has 24 heavy (non-hydrogen) atoms. The number of hydrazone groups is 1. The molecule has 1 amide bonds. The minimum atomic E-state index is -1.81. The van der Waals surface area contributed by atoms with E-state index in [2.05, 4.69) is 10.5 Å². The molecule has 0 aliphatic heterocycles. The smallest absolute Gasteiger partial charge is 0.281 e. The van der Waals surface area contributed by atoms with E-state index >= 15 is 0 Å². The molecule has 0 radical (unpaired) electrons. The van der Waals surface area contributed by atoms with Crippen LogP contribution in [0, 0.1) is 0 Å². The Morgan fingerprint density at radius 1 is 0.958 bits per heavy atom. The maximum Gasteiger partial charge on any atom is 0.281 e. The first-order valence-corrected chi connectivity index (χ1v) is 8.29. The lowest BCUT2D eigenvalue weighted by atomic mass is 9.85. The van der Waals surface area contributed by atoms with Crippen molar-refractivity contribution in [1.82, 2.24) is 5.43 Å². The predicted molar refractivity (Wildman–Crippen MR) is 95.9 cm³/mol. The molecule has 0 aliphatic rings. The van der Waals surface area contributed by atoms with Crippen molar-refractivity contribution in [3.05, 3.63) is 94.2 Å². The van der Waals surface area contributed by atoms with Gasteiger partial charge in [-0.2, -0.15) is 5.10 Å². The van der Waals surface area contributed by atoms with Gasteiger partial charge < -0.3 is 5.11 Å². The third kappa shape index (κ3) is 3.27. The zero-order valence-electron chi connectivity index (χ0n) is 12.8. The van der Waals surface area contributed by atoms with Crippen LogP contribution in [0.4, 0.5) is 0 Å². The van der Waals surface area contributed by atoms with Crippen molar-refractivity contribution in [2.45, 2.75) is 5.60 Å². The Labute approximate surface area is 144 Å². The Morgan fingerprint density at radius 2 is 1.54 bits per heavy atom. The van der Waals surface area contributed by atoms with Gasteiger partial charge in [0.2, 0.25) is 0 Å². The summed E-state index contributed by atoms with van der Waals surface area (Å²) >= 11 is 1.51. The number of nitrogens with zero attached hydrogens (tertiary/aromatic N) is 1. The predicted octanol–water partition coefficient (Wildman–Crippen LogP) is 3.13. The van der Waals surface area contributed by atoms with Crippen molar-refractivity contribution >= 4 is 23.5 Å². The fourth-order valence-corrected chi connectivity index (χ4v) is 2.97. The van der Waals surface area contributed by atoms with E-state index in [-0.39, 0.29) is 0 Å². The van der Waals surface area contributed by atoms with Gasteiger partial charge >= 0.3 is 0 Å². The Balaban J connectivity index is 1.91. The summed E-state index contributed by atoms with van der Waals surface area (Å²) in [6.45, 7) is 0. The zero-order chi connectivity index (χ0) is 16.8. The maximum atomic E-state index is 12.7. The summed E-state index contributed by atoms with van der Waals surface area (Å²) in [5.74, 6) is -0.604. The molecule has 4 nitrogen and oxygen atoms in total. The van der Waals surface area contributed by atoms with Gasteiger partial charge in [0, 0.05) is 4.88 Å². The van der Waals surface area contributed by atoms with Crippen LogP contribution < -0.4 is 5.43 Å². The second kappa shape index (κ2) is 7.21. The van der Waals surface area contributed by atoms with Crippen LogP contribution in [0.1, 0.15) is 16.0 Å². The highest BCUT2D eigenvalue weighted by Gasteiger charge is 2.39. The Hall–Kier alpha value is -2.76. The van der Waals surface area contributed by atoms with Crippen LogP contribution in [0.2, 0.25) is 0 Å². The molecule has 0 spiro atoms. The molecular formula is C19H16N2O2S. The molecule has 5 heteroatoms. The summed E-state index contributed by atoms with van der Waals surface area (Å²) in [6.07, 6.45) is 1.55. The number of thiophene rings is 1. The lowest BCUT2D eigenvalue weighted by Gasteiger charge is -2.26. The van der Waals surface area contributed by atoms with Gasteiger partial charge in [-0.05, 0) is 22.6 Å². The van der Waals surface area contributed by atoms with Crippen LogP contribution in [-0.4, -0.2) is 17.2 Å². The quantitative estimate of drug-likeness (QED) is 0.555. The third-order valence-electron chi connectivity index (χ3n) is 3.61. The van der Waals surface area contributed by atoms with Crippen LogP contribution in [0.3, 0.4) is 0 Å². The Bertz CT molecular complexity index is 776. The van der Waals surface area contributed by atoms with Gasteiger partial charge in [-0.15, -0.1) is 11.3 Å². The van der Waals surface area contributed by atoms with Crippen LogP contribution in [0.15, 0.2) is 83.3 Å². The highest BCUT2D eigenvalue weighted by atomic mass is 32.1. The van der Waals surface area contributed by atoms with Crippen molar-refractivity contribution in [3.63, 3.8) is 0 Å². The lowest BCUT2D eigenvalue weighted by Crippen LogP contribution is -2.43. The van der Waals surface area contributed by atoms with E-state index in [0.717, 1.165) is 4.88 Å². The van der Waals surface area contributed by atoms with Crippen LogP contribution in [-0.2, 0) is 10.4 Å². The van der Waals surface area contributed by atoms with Gasteiger partial charge in [0.05, 0.1) is 6.21 Å². The Kier molecular flexibility index (Phi) is 4.84. The normalized spacial score (nSPS) is 11.5. The number of hydrogen-bond acceptors (Lipinski definition) is 4. The van der Waals surface area contributed by atoms with E-state index < -0.39 is 11.5 Å². The molecule has 0 fully saturated rings. The Morgan fingerprint density at radius 3 is 2.04 bits per heavy atom. The molecule has 0 bridgehead atoms. The standard InChI is InChI=1S/C19H16N2O2S/c22-18(21-20-14-17-12-7-13-24-17)19(23,15-8-3-1-4-9-15)16-10-5-2-6-11-16/h1-14,23H,(H,21,22)/b20-14-. The van der Waals surface area contributed by atoms with E-state index in [1.165, 1.54) is 11.3 Å². The molecule has 1 heterocycles. The van der Waals surface area contributed by atoms with Crippen molar-refractivity contribution in [2.75, 3.05) is 0 Å². The summed E-state index contributed by atoms with van der Waals surface area (Å²) in [5.41, 5.74) is 1.61. The largest absolute Gasteiger partial charge is 0.372 e. The minimum Gasteiger partial charge on any atom is -0.372 e. The number of rotatable bonds is 5. The molecule has 0 atom stereocenters. The summed E-state index contributed by atoms with van der Waals surface area (Å²) in [7, 11) is 0. The maximum absolute atomic E-state index is 12.7. The molecular weight excluding hydrogens is 320 g/mol. The van der Waals surface area contributed by atoms with Gasteiger partial charge in [0.15, 0.2) is 5.60 Å². The number of carbonyl (C=O) groups is 1. The van der Waals surface area contributed by atoms with Crippen LogP contribution in [0.5, 0.6) is 0 Å². The summed E-state index contributed by atoms with van der Waals surface area (Å²) in [4.78, 5) is 13.6. The van der Waals surface area contributed by atoms with Crippen molar-refractivity contribution in [1.29, 1.82) is 0 Å². The second-order valence-electron chi connectivity index (χ2n) is 5.16. The highest BCUT2D eigenvalue weighted by molar-refractivity contribution is 7.11. The number of aliphatic hydroxyl groups is 1. The van der Waals surface area contributed by atoms with E-state index in [4.69, 9.17) is 0 Å². The number of benzene rings is 2. The van der Waals surface area contributed by atoms with E-state index in [0.29, 0.717) is 11.1 Å². The van der Waals surface area contributed by atoms with Gasteiger partial charge in [-0.1, -0.05) is 66.7 Å². The minimum absolute atomic E-state index is 0.486. The number of nitrogens with one attached hydrogen (secondary N) is 1. The molecule has 0 saturated carbocycles. The van der Waals surface area contributed by atoms with Gasteiger partial charge in [-0.3, -0.25) is 4.79 Å². The summed E-state index contributed by atoms with van der Waals surface area (Å²) in [5, 5.41) is 17.1. The zero-order valence-corrected chi connectivity index (χ0v) is 13.6.